The number of carbonyl (C=O) groups is 2. The number of benzene rings is 1. The summed E-state index contributed by atoms with van der Waals surface area (Å²) in [6.45, 7) is 9.61. The Morgan fingerprint density at radius 3 is 2.43 bits per heavy atom. The SMILES string of the molecule is CN1CCC[C@H]1COc1nc(C(=O)NCc2ccccc2)cc(N2CCN(C(=O)OC(C)(C)C)CC2)n1. The Morgan fingerprint density at radius 2 is 1.78 bits per heavy atom. The Kier molecular flexibility index (Phi) is 8.48. The van der Waals surface area contributed by atoms with Crippen LogP contribution < -0.4 is 15.0 Å². The molecule has 1 aromatic carbocycles. The highest BCUT2D eigenvalue weighted by Crippen LogP contribution is 2.21. The molecule has 10 heteroatoms. The molecule has 0 radical (unpaired) electrons. The van der Waals surface area contributed by atoms with Crippen molar-refractivity contribution in [2.45, 2.75) is 51.8 Å². The largest absolute Gasteiger partial charge is 0.462 e. The molecule has 0 unspecified atom stereocenters. The van der Waals surface area contributed by atoms with Crippen LogP contribution in [-0.2, 0) is 11.3 Å². The summed E-state index contributed by atoms with van der Waals surface area (Å²) in [4.78, 5) is 40.6. The molecule has 200 valence electrons. The molecule has 2 aliphatic rings. The van der Waals surface area contributed by atoms with Gasteiger partial charge < -0.3 is 29.5 Å². The van der Waals surface area contributed by atoms with E-state index < -0.39 is 5.60 Å². The van der Waals surface area contributed by atoms with Gasteiger partial charge in [-0.15, -0.1) is 0 Å². The van der Waals surface area contributed by atoms with Gasteiger partial charge in [0, 0.05) is 44.8 Å². The van der Waals surface area contributed by atoms with E-state index in [2.05, 4.69) is 27.2 Å². The minimum absolute atomic E-state index is 0.192. The zero-order valence-electron chi connectivity index (χ0n) is 22.3. The van der Waals surface area contributed by atoms with Crippen LogP contribution >= 0.6 is 0 Å². The van der Waals surface area contributed by atoms with Crippen LogP contribution in [0.2, 0.25) is 0 Å². The molecule has 3 heterocycles. The molecule has 2 aromatic rings. The smallest absolute Gasteiger partial charge is 0.410 e. The standard InChI is InChI=1S/C27H38N6O4/c1-27(2,3)37-26(35)33-15-13-32(14-16-33)23-17-22(24(34)28-18-20-9-6-5-7-10-20)29-25(30-23)36-19-21-11-8-12-31(21)4/h5-7,9-10,17,21H,8,11-16,18-19H2,1-4H3,(H,28,34)/t21-/m0/s1. The number of carbonyl (C=O) groups excluding carboxylic acids is 2. The number of likely N-dealkylation sites (N-methyl/N-ethyl adjacent to an activating group) is 1. The van der Waals surface area contributed by atoms with Gasteiger partial charge in [0.2, 0.25) is 0 Å². The van der Waals surface area contributed by atoms with Gasteiger partial charge >= 0.3 is 12.1 Å². The number of likely N-dealkylation sites (tertiary alicyclic amines) is 1. The van der Waals surface area contributed by atoms with Crippen LogP contribution in [0.1, 0.15) is 49.7 Å². The molecule has 1 atom stereocenters. The highest BCUT2D eigenvalue weighted by molar-refractivity contribution is 5.93. The number of aromatic nitrogens is 2. The van der Waals surface area contributed by atoms with Crippen molar-refractivity contribution >= 4 is 17.8 Å². The third kappa shape index (κ3) is 7.55. The van der Waals surface area contributed by atoms with Crippen LogP contribution in [0.3, 0.4) is 0 Å². The lowest BCUT2D eigenvalue weighted by molar-refractivity contribution is 0.0240. The Labute approximate surface area is 218 Å². The summed E-state index contributed by atoms with van der Waals surface area (Å²) in [7, 11) is 2.09. The van der Waals surface area contributed by atoms with E-state index in [1.807, 2.05) is 56.0 Å². The second-order valence-electron chi connectivity index (χ2n) is 10.6. The zero-order chi connectivity index (χ0) is 26.4. The minimum atomic E-state index is -0.539. The van der Waals surface area contributed by atoms with Gasteiger partial charge in [-0.05, 0) is 52.8 Å². The fourth-order valence-corrected chi connectivity index (χ4v) is 4.43. The van der Waals surface area contributed by atoms with E-state index in [9.17, 15) is 9.59 Å². The highest BCUT2D eigenvalue weighted by Gasteiger charge is 2.28. The lowest BCUT2D eigenvalue weighted by Crippen LogP contribution is -2.50. The molecule has 0 bridgehead atoms. The summed E-state index contributed by atoms with van der Waals surface area (Å²) in [5, 5.41) is 2.94. The number of piperazine rings is 1. The molecule has 1 N–H and O–H groups in total. The van der Waals surface area contributed by atoms with Gasteiger partial charge in [-0.3, -0.25) is 4.79 Å². The molecular weight excluding hydrogens is 472 g/mol. The fourth-order valence-electron chi connectivity index (χ4n) is 4.43. The van der Waals surface area contributed by atoms with Crippen molar-refractivity contribution in [3.63, 3.8) is 0 Å². The molecule has 2 aliphatic heterocycles. The first kappa shape index (κ1) is 26.7. The molecule has 37 heavy (non-hydrogen) atoms. The molecule has 2 saturated heterocycles. The van der Waals surface area contributed by atoms with E-state index >= 15 is 0 Å². The summed E-state index contributed by atoms with van der Waals surface area (Å²) in [5.41, 5.74) is 0.720. The molecule has 4 rings (SSSR count). The van der Waals surface area contributed by atoms with Crippen LogP contribution in [0, 0.1) is 0 Å². The summed E-state index contributed by atoms with van der Waals surface area (Å²) < 4.78 is 11.5. The van der Waals surface area contributed by atoms with Gasteiger partial charge in [0.1, 0.15) is 23.7 Å². The highest BCUT2D eigenvalue weighted by atomic mass is 16.6. The Bertz CT molecular complexity index is 1070. The van der Waals surface area contributed by atoms with Crippen molar-refractivity contribution in [1.29, 1.82) is 0 Å². The number of nitrogens with zero attached hydrogens (tertiary/aromatic N) is 5. The van der Waals surface area contributed by atoms with Crippen LogP contribution in [0.25, 0.3) is 0 Å². The fraction of sp³-hybridized carbons (Fsp3) is 0.556. The number of rotatable bonds is 7. The van der Waals surface area contributed by atoms with Gasteiger partial charge in [-0.2, -0.15) is 9.97 Å². The van der Waals surface area contributed by atoms with Crippen molar-refractivity contribution in [2.75, 3.05) is 51.3 Å². The van der Waals surface area contributed by atoms with E-state index in [0.29, 0.717) is 51.2 Å². The summed E-state index contributed by atoms with van der Waals surface area (Å²) in [6.07, 6.45) is 1.88. The summed E-state index contributed by atoms with van der Waals surface area (Å²) >= 11 is 0. The lowest BCUT2D eigenvalue weighted by atomic mass is 10.2. The minimum Gasteiger partial charge on any atom is -0.462 e. The maximum absolute atomic E-state index is 13.0. The van der Waals surface area contributed by atoms with Gasteiger partial charge in [-0.1, -0.05) is 30.3 Å². The van der Waals surface area contributed by atoms with E-state index in [-0.39, 0.29) is 23.7 Å². The molecule has 1 aromatic heterocycles. The van der Waals surface area contributed by atoms with Crippen LogP contribution in [-0.4, -0.2) is 89.8 Å². The molecule has 2 amide bonds. The number of ether oxygens (including phenoxy) is 2. The first-order valence-corrected chi connectivity index (χ1v) is 12.9. The maximum atomic E-state index is 13.0. The van der Waals surface area contributed by atoms with Crippen molar-refractivity contribution in [3.05, 3.63) is 47.7 Å². The average molecular weight is 511 g/mol. The molecular formula is C27H38N6O4. The summed E-state index contributed by atoms with van der Waals surface area (Å²) in [5.74, 6) is 0.321. The van der Waals surface area contributed by atoms with Gasteiger partial charge in [0.25, 0.3) is 5.91 Å². The van der Waals surface area contributed by atoms with E-state index in [4.69, 9.17) is 9.47 Å². The number of hydrogen-bond donors (Lipinski definition) is 1. The first-order chi connectivity index (χ1) is 17.7. The second-order valence-corrected chi connectivity index (χ2v) is 10.6. The average Bonchev–Trinajstić information content (AvgIpc) is 3.30. The van der Waals surface area contributed by atoms with Crippen molar-refractivity contribution in [1.82, 2.24) is 25.1 Å². The van der Waals surface area contributed by atoms with E-state index in [0.717, 1.165) is 24.9 Å². The van der Waals surface area contributed by atoms with Gasteiger partial charge in [0.15, 0.2) is 0 Å². The van der Waals surface area contributed by atoms with Crippen molar-refractivity contribution in [2.24, 2.45) is 0 Å². The van der Waals surface area contributed by atoms with E-state index in [1.54, 1.807) is 11.0 Å². The van der Waals surface area contributed by atoms with Crippen LogP contribution in [0.15, 0.2) is 36.4 Å². The zero-order valence-corrected chi connectivity index (χ0v) is 22.3. The molecule has 10 nitrogen and oxygen atoms in total. The molecule has 2 fully saturated rings. The maximum Gasteiger partial charge on any atom is 0.410 e. The van der Waals surface area contributed by atoms with Crippen LogP contribution in [0.4, 0.5) is 10.6 Å². The molecule has 0 spiro atoms. The third-order valence-corrected chi connectivity index (χ3v) is 6.55. The van der Waals surface area contributed by atoms with Crippen LogP contribution in [0.5, 0.6) is 6.01 Å². The first-order valence-electron chi connectivity index (χ1n) is 12.9. The van der Waals surface area contributed by atoms with Crippen molar-refractivity contribution in [3.8, 4) is 6.01 Å². The van der Waals surface area contributed by atoms with Crippen molar-refractivity contribution < 1.29 is 19.1 Å². The van der Waals surface area contributed by atoms with Gasteiger partial charge in [0.05, 0.1) is 0 Å². The predicted octanol–water partition coefficient (Wildman–Crippen LogP) is 2.94. The number of anilines is 1. The third-order valence-electron chi connectivity index (χ3n) is 6.55. The Balaban J connectivity index is 1.46. The molecule has 0 aliphatic carbocycles. The monoisotopic (exact) mass is 510 g/mol. The Hall–Kier alpha value is -3.40. The topological polar surface area (TPSA) is 100 Å². The quantitative estimate of drug-likeness (QED) is 0.607. The number of amides is 2. The van der Waals surface area contributed by atoms with Gasteiger partial charge in [-0.25, -0.2) is 4.79 Å². The number of hydrogen-bond acceptors (Lipinski definition) is 8. The summed E-state index contributed by atoms with van der Waals surface area (Å²) in [6, 6.07) is 11.9. The lowest BCUT2D eigenvalue weighted by Gasteiger charge is -2.36. The normalized spacial score (nSPS) is 18.5. The number of nitrogens with one attached hydrogen (secondary N) is 1. The molecule has 0 saturated carbocycles. The second kappa shape index (κ2) is 11.8. The predicted molar refractivity (Wildman–Crippen MR) is 141 cm³/mol. The van der Waals surface area contributed by atoms with E-state index in [1.165, 1.54) is 0 Å². The Morgan fingerprint density at radius 1 is 1.05 bits per heavy atom.